The van der Waals surface area contributed by atoms with Crippen LogP contribution in [0.2, 0.25) is 0 Å². The van der Waals surface area contributed by atoms with E-state index in [-0.39, 0.29) is 12.4 Å². The Morgan fingerprint density at radius 1 is 1.15 bits per heavy atom. The third-order valence-corrected chi connectivity index (χ3v) is 5.94. The zero-order valence-corrected chi connectivity index (χ0v) is 16.0. The Balaban J connectivity index is 1.43. The molecular weight excluding hydrogens is 361 g/mol. The number of thiophene rings is 1. The minimum Gasteiger partial charge on any atom is -0.396 e. The van der Waals surface area contributed by atoms with Gasteiger partial charge in [-0.3, -0.25) is 14.8 Å². The molecule has 0 radical (unpaired) electrons. The maximum atomic E-state index is 13.3. The fraction of sp³-hybridized carbons (Fsp3) is 0.381. The van der Waals surface area contributed by atoms with Crippen LogP contribution >= 0.6 is 11.3 Å². The molecule has 1 unspecified atom stereocenters. The van der Waals surface area contributed by atoms with Crippen LogP contribution < -0.4 is 0 Å². The maximum Gasteiger partial charge on any atom is 0.123 e. The normalized spacial score (nSPS) is 19.0. The quantitative estimate of drug-likeness (QED) is 0.705. The maximum absolute atomic E-state index is 13.3. The van der Waals surface area contributed by atoms with Crippen molar-refractivity contribution in [3.8, 4) is 0 Å². The predicted molar refractivity (Wildman–Crippen MR) is 107 cm³/mol. The molecule has 1 aliphatic heterocycles. The van der Waals surface area contributed by atoms with Gasteiger partial charge >= 0.3 is 0 Å². The SMILES string of the molecule is OCCC1CN(Cc2ccc3cc(F)ccc3n2)CCN1Cc1ccsc1. The van der Waals surface area contributed by atoms with Gasteiger partial charge in [0.15, 0.2) is 0 Å². The molecule has 142 valence electrons. The van der Waals surface area contributed by atoms with Crippen molar-refractivity contribution in [3.05, 3.63) is 64.2 Å². The largest absolute Gasteiger partial charge is 0.396 e. The van der Waals surface area contributed by atoms with Gasteiger partial charge in [0.05, 0.1) is 11.2 Å². The molecule has 6 heteroatoms. The van der Waals surface area contributed by atoms with Crippen LogP contribution in [0, 0.1) is 5.82 Å². The van der Waals surface area contributed by atoms with E-state index >= 15 is 0 Å². The highest BCUT2D eigenvalue weighted by molar-refractivity contribution is 7.07. The van der Waals surface area contributed by atoms with Crippen molar-refractivity contribution in [3.63, 3.8) is 0 Å². The summed E-state index contributed by atoms with van der Waals surface area (Å²) in [6, 6.07) is 11.2. The van der Waals surface area contributed by atoms with E-state index in [4.69, 9.17) is 4.98 Å². The molecule has 3 aromatic rings. The summed E-state index contributed by atoms with van der Waals surface area (Å²) < 4.78 is 13.3. The molecule has 1 atom stereocenters. The van der Waals surface area contributed by atoms with E-state index in [0.717, 1.165) is 55.7 Å². The van der Waals surface area contributed by atoms with Crippen molar-refractivity contribution in [2.75, 3.05) is 26.2 Å². The van der Waals surface area contributed by atoms with Gasteiger partial charge in [-0.05, 0) is 53.1 Å². The average Bonchev–Trinajstić information content (AvgIpc) is 3.17. The van der Waals surface area contributed by atoms with Crippen molar-refractivity contribution in [2.24, 2.45) is 0 Å². The smallest absolute Gasteiger partial charge is 0.123 e. The van der Waals surface area contributed by atoms with E-state index in [1.807, 2.05) is 12.1 Å². The highest BCUT2D eigenvalue weighted by Gasteiger charge is 2.27. The van der Waals surface area contributed by atoms with Gasteiger partial charge in [0.1, 0.15) is 5.82 Å². The van der Waals surface area contributed by atoms with Crippen LogP contribution in [0.5, 0.6) is 0 Å². The number of pyridine rings is 1. The number of hydrogen-bond acceptors (Lipinski definition) is 5. The molecule has 27 heavy (non-hydrogen) atoms. The van der Waals surface area contributed by atoms with Crippen LogP contribution in [0.25, 0.3) is 10.9 Å². The van der Waals surface area contributed by atoms with Crippen molar-refractivity contribution in [2.45, 2.75) is 25.6 Å². The summed E-state index contributed by atoms with van der Waals surface area (Å²) in [6.45, 7) is 4.82. The summed E-state index contributed by atoms with van der Waals surface area (Å²) in [5, 5.41) is 14.6. The van der Waals surface area contributed by atoms with Gasteiger partial charge in [0.25, 0.3) is 0 Å². The molecule has 1 aliphatic rings. The fourth-order valence-corrected chi connectivity index (χ4v) is 4.46. The first kappa shape index (κ1) is 18.5. The Morgan fingerprint density at radius 2 is 2.07 bits per heavy atom. The Hall–Kier alpha value is -1.86. The van der Waals surface area contributed by atoms with E-state index in [0.29, 0.717) is 6.04 Å². The zero-order chi connectivity index (χ0) is 18.6. The fourth-order valence-electron chi connectivity index (χ4n) is 3.80. The molecule has 4 rings (SSSR count). The van der Waals surface area contributed by atoms with Crippen LogP contribution in [0.4, 0.5) is 4.39 Å². The van der Waals surface area contributed by atoms with E-state index in [1.165, 1.54) is 17.7 Å². The summed E-state index contributed by atoms with van der Waals surface area (Å²) in [6.07, 6.45) is 0.783. The Bertz CT molecular complexity index is 886. The van der Waals surface area contributed by atoms with Crippen LogP contribution in [0.3, 0.4) is 0 Å². The van der Waals surface area contributed by atoms with Gasteiger partial charge in [0.2, 0.25) is 0 Å². The van der Waals surface area contributed by atoms with Gasteiger partial charge in [-0.15, -0.1) is 0 Å². The molecule has 0 saturated carbocycles. The zero-order valence-electron chi connectivity index (χ0n) is 15.2. The molecule has 1 N–H and O–H groups in total. The Morgan fingerprint density at radius 3 is 2.89 bits per heavy atom. The van der Waals surface area contributed by atoms with Gasteiger partial charge in [0, 0.05) is 50.8 Å². The Labute approximate surface area is 162 Å². The second kappa shape index (κ2) is 8.44. The number of benzene rings is 1. The lowest BCUT2D eigenvalue weighted by Gasteiger charge is -2.41. The summed E-state index contributed by atoms with van der Waals surface area (Å²) in [7, 11) is 0. The summed E-state index contributed by atoms with van der Waals surface area (Å²) in [5.41, 5.74) is 3.18. The van der Waals surface area contributed by atoms with Crippen molar-refractivity contribution in [1.29, 1.82) is 0 Å². The molecular formula is C21H24FN3OS. The number of hydrogen-bond donors (Lipinski definition) is 1. The number of halogens is 1. The first-order valence-electron chi connectivity index (χ1n) is 9.35. The highest BCUT2D eigenvalue weighted by atomic mass is 32.1. The van der Waals surface area contributed by atoms with Crippen molar-refractivity contribution < 1.29 is 9.50 Å². The summed E-state index contributed by atoms with van der Waals surface area (Å²) >= 11 is 1.73. The average molecular weight is 386 g/mol. The standard InChI is InChI=1S/C21H24FN3OS/c22-18-2-4-21-17(11-18)1-3-19(23-21)13-24-7-8-25(20(14-24)5-9-26)12-16-6-10-27-15-16/h1-4,6,10-11,15,20,26H,5,7-9,12-14H2. The van der Waals surface area contributed by atoms with E-state index in [2.05, 4.69) is 26.6 Å². The highest BCUT2D eigenvalue weighted by Crippen LogP contribution is 2.20. The number of fused-ring (bicyclic) bond motifs is 1. The summed E-state index contributed by atoms with van der Waals surface area (Å²) in [5.74, 6) is -0.231. The number of nitrogens with zero attached hydrogens (tertiary/aromatic N) is 3. The molecule has 0 aliphatic carbocycles. The monoisotopic (exact) mass is 385 g/mol. The van der Waals surface area contributed by atoms with Crippen molar-refractivity contribution in [1.82, 2.24) is 14.8 Å². The third kappa shape index (κ3) is 4.52. The van der Waals surface area contributed by atoms with Gasteiger partial charge in [-0.1, -0.05) is 6.07 Å². The van der Waals surface area contributed by atoms with E-state index in [1.54, 1.807) is 17.4 Å². The van der Waals surface area contributed by atoms with E-state index in [9.17, 15) is 9.50 Å². The molecule has 0 bridgehead atoms. The van der Waals surface area contributed by atoms with E-state index < -0.39 is 0 Å². The van der Waals surface area contributed by atoms with Gasteiger partial charge in [-0.25, -0.2) is 4.39 Å². The lowest BCUT2D eigenvalue weighted by molar-refractivity contribution is 0.0495. The lowest BCUT2D eigenvalue weighted by Crippen LogP contribution is -2.52. The molecule has 4 nitrogen and oxygen atoms in total. The lowest BCUT2D eigenvalue weighted by atomic mass is 10.1. The van der Waals surface area contributed by atoms with Crippen LogP contribution in [0.1, 0.15) is 17.7 Å². The number of aromatic nitrogens is 1. The van der Waals surface area contributed by atoms with Gasteiger partial charge < -0.3 is 5.11 Å². The topological polar surface area (TPSA) is 39.6 Å². The molecule has 0 spiro atoms. The number of rotatable bonds is 6. The minimum atomic E-state index is -0.231. The predicted octanol–water partition coefficient (Wildman–Crippen LogP) is 3.50. The number of aliphatic hydroxyl groups excluding tert-OH is 1. The van der Waals surface area contributed by atoms with Crippen LogP contribution in [-0.2, 0) is 13.1 Å². The first-order valence-corrected chi connectivity index (χ1v) is 10.3. The Kier molecular flexibility index (Phi) is 5.78. The molecule has 0 amide bonds. The number of piperazine rings is 1. The second-order valence-corrected chi connectivity index (χ2v) is 7.92. The van der Waals surface area contributed by atoms with Gasteiger partial charge in [-0.2, -0.15) is 11.3 Å². The molecule has 2 aromatic heterocycles. The molecule has 3 heterocycles. The molecule has 1 fully saturated rings. The first-order chi connectivity index (χ1) is 13.2. The molecule has 1 saturated heterocycles. The third-order valence-electron chi connectivity index (χ3n) is 5.21. The minimum absolute atomic E-state index is 0.207. The molecule has 1 aromatic carbocycles. The van der Waals surface area contributed by atoms with Crippen molar-refractivity contribution >= 4 is 22.2 Å². The van der Waals surface area contributed by atoms with Crippen LogP contribution in [0.15, 0.2) is 47.2 Å². The second-order valence-electron chi connectivity index (χ2n) is 7.14. The number of aliphatic hydroxyl groups is 1. The summed E-state index contributed by atoms with van der Waals surface area (Å²) in [4.78, 5) is 9.57. The van der Waals surface area contributed by atoms with Crippen LogP contribution in [-0.4, -0.2) is 52.2 Å².